The Kier molecular flexibility index (Phi) is 7.45. The van der Waals surface area contributed by atoms with Crippen molar-refractivity contribution in [3.05, 3.63) is 68.6 Å². The minimum Gasteiger partial charge on any atom is -0.383 e. The van der Waals surface area contributed by atoms with Gasteiger partial charge < -0.3 is 25.2 Å². The standard InChI is InChI=1S/C21H26N6O5/c1-14-12-16(25-32-14)23-17(28)8-9-26(13-15-6-4-3-5-7-15)18-19(22)27(10-11-31-2)21(30)24-20(18)29/h3-7,12H,8-11,13,22H2,1-2H3,(H,23,25,28)(H,24,29,30). The maximum absolute atomic E-state index is 12.7. The van der Waals surface area contributed by atoms with Gasteiger partial charge >= 0.3 is 5.69 Å². The molecule has 3 aromatic rings. The molecule has 11 heteroatoms. The highest BCUT2D eigenvalue weighted by Gasteiger charge is 2.20. The first-order chi connectivity index (χ1) is 15.4. The summed E-state index contributed by atoms with van der Waals surface area (Å²) in [7, 11) is 1.50. The summed E-state index contributed by atoms with van der Waals surface area (Å²) in [6, 6.07) is 11.0. The lowest BCUT2D eigenvalue weighted by Gasteiger charge is -2.26. The Balaban J connectivity index is 1.88. The first-order valence-corrected chi connectivity index (χ1v) is 10.0. The molecule has 0 bridgehead atoms. The van der Waals surface area contributed by atoms with E-state index in [1.165, 1.54) is 11.7 Å². The van der Waals surface area contributed by atoms with E-state index in [2.05, 4.69) is 15.5 Å². The van der Waals surface area contributed by atoms with Crippen LogP contribution in [0, 0.1) is 6.92 Å². The fraction of sp³-hybridized carbons (Fsp3) is 0.333. The van der Waals surface area contributed by atoms with Gasteiger partial charge in [-0.2, -0.15) is 0 Å². The molecular weight excluding hydrogens is 416 g/mol. The van der Waals surface area contributed by atoms with Gasteiger partial charge in [-0.3, -0.25) is 19.1 Å². The van der Waals surface area contributed by atoms with Crippen molar-refractivity contribution in [1.82, 2.24) is 14.7 Å². The number of methoxy groups -OCH3 is 1. The fourth-order valence-corrected chi connectivity index (χ4v) is 3.23. The van der Waals surface area contributed by atoms with Gasteiger partial charge in [0, 0.05) is 32.7 Å². The van der Waals surface area contributed by atoms with Gasteiger partial charge in [0.25, 0.3) is 5.56 Å². The molecule has 2 heterocycles. The first kappa shape index (κ1) is 22.8. The van der Waals surface area contributed by atoms with Crippen molar-refractivity contribution in [2.45, 2.75) is 26.4 Å². The number of hydrogen-bond acceptors (Lipinski definition) is 8. The van der Waals surface area contributed by atoms with E-state index in [1.807, 2.05) is 30.3 Å². The quantitative estimate of drug-likeness (QED) is 0.423. The Hall–Kier alpha value is -3.86. The van der Waals surface area contributed by atoms with Gasteiger partial charge in [0.15, 0.2) is 5.82 Å². The number of ether oxygens (including phenoxy) is 1. The summed E-state index contributed by atoms with van der Waals surface area (Å²) >= 11 is 0. The van der Waals surface area contributed by atoms with Crippen molar-refractivity contribution in [1.29, 1.82) is 0 Å². The number of hydrogen-bond donors (Lipinski definition) is 3. The van der Waals surface area contributed by atoms with Gasteiger partial charge in [-0.1, -0.05) is 35.5 Å². The van der Waals surface area contributed by atoms with Crippen molar-refractivity contribution in [3.63, 3.8) is 0 Å². The monoisotopic (exact) mass is 442 g/mol. The summed E-state index contributed by atoms with van der Waals surface area (Å²) in [5.74, 6) is 0.592. The van der Waals surface area contributed by atoms with Gasteiger partial charge in [-0.05, 0) is 12.5 Å². The molecule has 0 fully saturated rings. The van der Waals surface area contributed by atoms with Crippen molar-refractivity contribution >= 4 is 23.2 Å². The summed E-state index contributed by atoms with van der Waals surface area (Å²) < 4.78 is 11.2. The molecule has 0 saturated carbocycles. The first-order valence-electron chi connectivity index (χ1n) is 10.0. The molecule has 2 aromatic heterocycles. The number of nitrogens with zero attached hydrogens (tertiary/aromatic N) is 3. The zero-order chi connectivity index (χ0) is 23.1. The molecule has 32 heavy (non-hydrogen) atoms. The molecule has 0 spiro atoms. The van der Waals surface area contributed by atoms with Gasteiger partial charge in [-0.25, -0.2) is 4.79 Å². The number of H-pyrrole nitrogens is 1. The van der Waals surface area contributed by atoms with Crippen LogP contribution in [0.5, 0.6) is 0 Å². The third-order valence-corrected chi connectivity index (χ3v) is 4.77. The number of nitrogen functional groups attached to an aromatic ring is 1. The Morgan fingerprint density at radius 1 is 1.31 bits per heavy atom. The molecule has 1 aromatic carbocycles. The van der Waals surface area contributed by atoms with E-state index in [0.717, 1.165) is 5.56 Å². The zero-order valence-electron chi connectivity index (χ0n) is 18.0. The molecule has 0 aliphatic heterocycles. The third kappa shape index (κ3) is 5.64. The van der Waals surface area contributed by atoms with Crippen LogP contribution < -0.4 is 27.2 Å². The molecule has 0 radical (unpaired) electrons. The van der Waals surface area contributed by atoms with Gasteiger partial charge in [0.1, 0.15) is 17.3 Å². The average molecular weight is 442 g/mol. The van der Waals surface area contributed by atoms with E-state index in [-0.39, 0.29) is 43.5 Å². The summed E-state index contributed by atoms with van der Waals surface area (Å²) in [6.07, 6.45) is 0.0504. The highest BCUT2D eigenvalue weighted by atomic mass is 16.5. The Labute approximate surface area is 183 Å². The normalized spacial score (nSPS) is 10.8. The lowest BCUT2D eigenvalue weighted by molar-refractivity contribution is -0.116. The van der Waals surface area contributed by atoms with E-state index < -0.39 is 11.2 Å². The molecule has 3 rings (SSSR count). The minimum atomic E-state index is -0.621. The van der Waals surface area contributed by atoms with Crippen LogP contribution in [0.3, 0.4) is 0 Å². The zero-order valence-corrected chi connectivity index (χ0v) is 18.0. The molecule has 4 N–H and O–H groups in total. The fourth-order valence-electron chi connectivity index (χ4n) is 3.23. The summed E-state index contributed by atoms with van der Waals surface area (Å²) in [5.41, 5.74) is 6.03. The minimum absolute atomic E-state index is 0.0132. The highest BCUT2D eigenvalue weighted by Crippen LogP contribution is 2.20. The second kappa shape index (κ2) is 10.4. The van der Waals surface area contributed by atoms with Crippen LogP contribution in [-0.2, 0) is 22.6 Å². The number of anilines is 3. The average Bonchev–Trinajstić information content (AvgIpc) is 3.16. The second-order valence-electron chi connectivity index (χ2n) is 7.17. The molecule has 0 unspecified atom stereocenters. The van der Waals surface area contributed by atoms with Crippen molar-refractivity contribution in [2.75, 3.05) is 36.2 Å². The number of nitrogens with two attached hydrogens (primary N) is 1. The second-order valence-corrected chi connectivity index (χ2v) is 7.17. The molecule has 0 atom stereocenters. The predicted molar refractivity (Wildman–Crippen MR) is 120 cm³/mol. The SMILES string of the molecule is COCCn1c(N)c(N(CCC(=O)Nc2cc(C)on2)Cc2ccccc2)c(=O)[nH]c1=O. The van der Waals surface area contributed by atoms with Gasteiger partial charge in [-0.15, -0.1) is 0 Å². The maximum Gasteiger partial charge on any atom is 0.330 e. The van der Waals surface area contributed by atoms with E-state index in [1.54, 1.807) is 17.9 Å². The van der Waals surface area contributed by atoms with Crippen LogP contribution >= 0.6 is 0 Å². The smallest absolute Gasteiger partial charge is 0.330 e. The molecular formula is C21H26N6O5. The number of rotatable bonds is 10. The van der Waals surface area contributed by atoms with E-state index >= 15 is 0 Å². The molecule has 1 amide bonds. The number of amides is 1. The van der Waals surface area contributed by atoms with Gasteiger partial charge in [0.2, 0.25) is 5.91 Å². The summed E-state index contributed by atoms with van der Waals surface area (Å²) in [4.78, 5) is 41.4. The lowest BCUT2D eigenvalue weighted by atomic mass is 10.2. The molecule has 170 valence electrons. The van der Waals surface area contributed by atoms with E-state index in [9.17, 15) is 14.4 Å². The van der Waals surface area contributed by atoms with Crippen LogP contribution in [0.25, 0.3) is 0 Å². The van der Waals surface area contributed by atoms with Crippen molar-refractivity contribution < 1.29 is 14.1 Å². The lowest BCUT2D eigenvalue weighted by Crippen LogP contribution is -2.39. The number of aromatic nitrogens is 3. The number of benzene rings is 1. The maximum atomic E-state index is 12.7. The molecule has 11 nitrogen and oxygen atoms in total. The molecule has 0 aliphatic rings. The Morgan fingerprint density at radius 3 is 2.72 bits per heavy atom. The van der Waals surface area contributed by atoms with Crippen molar-refractivity contribution in [3.8, 4) is 0 Å². The number of carbonyl (C=O) groups is 1. The topological polar surface area (TPSA) is 148 Å². The Bertz CT molecular complexity index is 1170. The van der Waals surface area contributed by atoms with E-state index in [4.69, 9.17) is 15.0 Å². The largest absolute Gasteiger partial charge is 0.383 e. The summed E-state index contributed by atoms with van der Waals surface area (Å²) in [6.45, 7) is 2.63. The van der Waals surface area contributed by atoms with Crippen LogP contribution in [-0.4, -0.2) is 40.9 Å². The van der Waals surface area contributed by atoms with Crippen LogP contribution in [0.4, 0.5) is 17.3 Å². The highest BCUT2D eigenvalue weighted by molar-refractivity contribution is 5.90. The predicted octanol–water partition coefficient (Wildman–Crippen LogP) is 1.10. The number of carbonyl (C=O) groups excluding carboxylic acids is 1. The number of aromatic amines is 1. The molecule has 0 aliphatic carbocycles. The third-order valence-electron chi connectivity index (χ3n) is 4.77. The van der Waals surface area contributed by atoms with E-state index in [0.29, 0.717) is 18.1 Å². The van der Waals surface area contributed by atoms with Crippen LogP contribution in [0.2, 0.25) is 0 Å². The number of aryl methyl sites for hydroxylation is 1. The van der Waals surface area contributed by atoms with Crippen LogP contribution in [0.1, 0.15) is 17.7 Å². The van der Waals surface area contributed by atoms with Crippen molar-refractivity contribution in [2.24, 2.45) is 0 Å². The summed E-state index contributed by atoms with van der Waals surface area (Å²) in [5, 5.41) is 6.39. The number of nitrogens with one attached hydrogen (secondary N) is 2. The Morgan fingerprint density at radius 2 is 2.06 bits per heavy atom. The van der Waals surface area contributed by atoms with Gasteiger partial charge in [0.05, 0.1) is 13.2 Å². The molecule has 0 saturated heterocycles. The van der Waals surface area contributed by atoms with Crippen LogP contribution in [0.15, 0.2) is 50.5 Å².